The molecule has 2 amide bonds. The molecule has 0 bridgehead atoms. The van der Waals surface area contributed by atoms with Gasteiger partial charge in [-0.05, 0) is 31.4 Å². The van der Waals surface area contributed by atoms with Crippen molar-refractivity contribution in [2.75, 3.05) is 52.4 Å². The summed E-state index contributed by atoms with van der Waals surface area (Å²) in [5, 5.41) is 0. The Bertz CT molecular complexity index is 626. The van der Waals surface area contributed by atoms with E-state index in [4.69, 9.17) is 4.74 Å². The number of hydrogen-bond acceptors (Lipinski definition) is 4. The summed E-state index contributed by atoms with van der Waals surface area (Å²) in [5.74, 6) is 0.0428. The molecule has 6 nitrogen and oxygen atoms in total. The third kappa shape index (κ3) is 5.17. The minimum Gasteiger partial charge on any atom is -0.484 e. The van der Waals surface area contributed by atoms with Gasteiger partial charge in [0, 0.05) is 45.3 Å². The van der Waals surface area contributed by atoms with Crippen molar-refractivity contribution in [2.45, 2.75) is 19.3 Å². The van der Waals surface area contributed by atoms with Gasteiger partial charge in [-0.1, -0.05) is 6.07 Å². The molecular weight excluding hydrogens is 337 g/mol. The molecule has 0 atom stereocenters. The lowest BCUT2D eigenvalue weighted by Crippen LogP contribution is -2.52. The quantitative estimate of drug-likeness (QED) is 0.793. The second-order valence-corrected chi connectivity index (χ2v) is 6.84. The summed E-state index contributed by atoms with van der Waals surface area (Å²) in [5.41, 5.74) is 0. The molecule has 1 aromatic carbocycles. The maximum atomic E-state index is 13.1. The van der Waals surface area contributed by atoms with Gasteiger partial charge in [0.15, 0.2) is 6.61 Å². The molecule has 2 aliphatic rings. The second kappa shape index (κ2) is 8.98. The van der Waals surface area contributed by atoms with E-state index < -0.39 is 0 Å². The molecule has 3 rings (SSSR count). The van der Waals surface area contributed by atoms with Gasteiger partial charge in [0.05, 0.1) is 6.54 Å². The minimum atomic E-state index is -0.387. The highest BCUT2D eigenvalue weighted by molar-refractivity contribution is 5.79. The third-order valence-electron chi connectivity index (χ3n) is 4.95. The van der Waals surface area contributed by atoms with Gasteiger partial charge < -0.3 is 14.5 Å². The normalized spacial score (nSPS) is 18.7. The van der Waals surface area contributed by atoms with Crippen molar-refractivity contribution in [1.29, 1.82) is 0 Å². The fraction of sp³-hybridized carbons (Fsp3) is 0.579. The van der Waals surface area contributed by atoms with E-state index in [0.29, 0.717) is 38.5 Å². The molecule has 26 heavy (non-hydrogen) atoms. The molecule has 2 heterocycles. The Kier molecular flexibility index (Phi) is 6.44. The summed E-state index contributed by atoms with van der Waals surface area (Å²) < 4.78 is 18.5. The van der Waals surface area contributed by atoms with E-state index in [-0.39, 0.29) is 24.2 Å². The number of hydrogen-bond donors (Lipinski definition) is 0. The molecule has 2 fully saturated rings. The van der Waals surface area contributed by atoms with Crippen molar-refractivity contribution in [1.82, 2.24) is 14.7 Å². The summed E-state index contributed by atoms with van der Waals surface area (Å²) in [6.07, 6.45) is 3.40. The first-order valence-corrected chi connectivity index (χ1v) is 9.28. The number of carbonyl (C=O) groups is 2. The maximum absolute atomic E-state index is 13.1. The molecule has 0 saturated carbocycles. The number of amides is 2. The molecule has 0 aromatic heterocycles. The van der Waals surface area contributed by atoms with Crippen molar-refractivity contribution >= 4 is 11.8 Å². The smallest absolute Gasteiger partial charge is 0.260 e. The van der Waals surface area contributed by atoms with E-state index in [2.05, 4.69) is 4.90 Å². The van der Waals surface area contributed by atoms with Crippen LogP contribution in [0.5, 0.6) is 5.75 Å². The molecule has 2 saturated heterocycles. The predicted molar refractivity (Wildman–Crippen MR) is 95.3 cm³/mol. The minimum absolute atomic E-state index is 0.101. The van der Waals surface area contributed by atoms with Gasteiger partial charge in [-0.3, -0.25) is 14.5 Å². The molecule has 0 radical (unpaired) electrons. The van der Waals surface area contributed by atoms with Crippen LogP contribution in [0.1, 0.15) is 19.3 Å². The van der Waals surface area contributed by atoms with Crippen molar-refractivity contribution in [3.8, 4) is 5.75 Å². The number of rotatable bonds is 5. The van der Waals surface area contributed by atoms with Crippen LogP contribution in [0.3, 0.4) is 0 Å². The van der Waals surface area contributed by atoms with Crippen LogP contribution in [0.4, 0.5) is 4.39 Å². The van der Waals surface area contributed by atoms with Crippen LogP contribution in [0, 0.1) is 5.82 Å². The predicted octanol–water partition coefficient (Wildman–Crippen LogP) is 1.36. The number of halogens is 1. The largest absolute Gasteiger partial charge is 0.484 e. The van der Waals surface area contributed by atoms with E-state index >= 15 is 0 Å². The molecule has 0 spiro atoms. The zero-order valence-corrected chi connectivity index (χ0v) is 15.0. The van der Waals surface area contributed by atoms with Crippen LogP contribution in [-0.2, 0) is 9.59 Å². The fourth-order valence-corrected chi connectivity index (χ4v) is 3.38. The van der Waals surface area contributed by atoms with Crippen LogP contribution < -0.4 is 4.74 Å². The average Bonchev–Trinajstić information content (AvgIpc) is 2.67. The Morgan fingerprint density at radius 2 is 1.62 bits per heavy atom. The number of benzene rings is 1. The van der Waals surface area contributed by atoms with E-state index in [1.54, 1.807) is 17.0 Å². The monoisotopic (exact) mass is 363 g/mol. The van der Waals surface area contributed by atoms with Crippen molar-refractivity contribution < 1.29 is 18.7 Å². The molecule has 2 aliphatic heterocycles. The van der Waals surface area contributed by atoms with E-state index in [0.717, 1.165) is 25.9 Å². The Morgan fingerprint density at radius 1 is 0.923 bits per heavy atom. The Hall–Kier alpha value is -2.15. The van der Waals surface area contributed by atoms with Crippen LogP contribution in [0.25, 0.3) is 0 Å². The lowest BCUT2D eigenvalue weighted by Gasteiger charge is -2.36. The molecule has 1 aromatic rings. The van der Waals surface area contributed by atoms with Gasteiger partial charge in [-0.15, -0.1) is 0 Å². The van der Waals surface area contributed by atoms with Gasteiger partial charge in [0.1, 0.15) is 11.6 Å². The summed E-state index contributed by atoms with van der Waals surface area (Å²) >= 11 is 0. The molecule has 0 N–H and O–H groups in total. The average molecular weight is 363 g/mol. The topological polar surface area (TPSA) is 53.1 Å². The molecular formula is C19H26FN3O3. The van der Waals surface area contributed by atoms with Crippen LogP contribution in [0.15, 0.2) is 24.3 Å². The van der Waals surface area contributed by atoms with Crippen molar-refractivity contribution in [3.05, 3.63) is 30.1 Å². The maximum Gasteiger partial charge on any atom is 0.260 e. The first kappa shape index (κ1) is 18.6. The van der Waals surface area contributed by atoms with Crippen molar-refractivity contribution in [3.63, 3.8) is 0 Å². The van der Waals surface area contributed by atoms with Gasteiger partial charge in [-0.25, -0.2) is 4.39 Å². The number of ether oxygens (including phenoxy) is 1. The highest BCUT2D eigenvalue weighted by Crippen LogP contribution is 2.13. The summed E-state index contributed by atoms with van der Waals surface area (Å²) in [6, 6.07) is 5.77. The van der Waals surface area contributed by atoms with Gasteiger partial charge in [0.2, 0.25) is 5.91 Å². The zero-order valence-electron chi connectivity index (χ0n) is 15.0. The Balaban J connectivity index is 1.38. The van der Waals surface area contributed by atoms with Gasteiger partial charge in [0.25, 0.3) is 5.91 Å². The summed E-state index contributed by atoms with van der Waals surface area (Å²) in [4.78, 5) is 30.4. The second-order valence-electron chi connectivity index (χ2n) is 6.84. The van der Waals surface area contributed by atoms with E-state index in [9.17, 15) is 14.0 Å². The van der Waals surface area contributed by atoms with Crippen LogP contribution >= 0.6 is 0 Å². The standard InChI is InChI=1S/C19H26FN3O3/c20-16-5-4-6-17(13-16)26-15-19(25)23-11-9-21(10-12-23)14-18(24)22-7-2-1-3-8-22/h4-6,13H,1-3,7-12,14-15H2. The highest BCUT2D eigenvalue weighted by Gasteiger charge is 2.25. The van der Waals surface area contributed by atoms with Crippen LogP contribution in [-0.4, -0.2) is 78.9 Å². The molecule has 0 aliphatic carbocycles. The number of piperazine rings is 1. The third-order valence-corrected chi connectivity index (χ3v) is 4.95. The number of piperidine rings is 1. The number of carbonyl (C=O) groups excluding carboxylic acids is 2. The van der Waals surface area contributed by atoms with E-state index in [1.165, 1.54) is 18.6 Å². The fourth-order valence-electron chi connectivity index (χ4n) is 3.38. The summed E-state index contributed by atoms with van der Waals surface area (Å²) in [7, 11) is 0. The number of nitrogens with zero attached hydrogens (tertiary/aromatic N) is 3. The Labute approximate surface area is 153 Å². The Morgan fingerprint density at radius 3 is 2.31 bits per heavy atom. The van der Waals surface area contributed by atoms with Gasteiger partial charge in [-0.2, -0.15) is 0 Å². The molecule has 7 heteroatoms. The van der Waals surface area contributed by atoms with Crippen LogP contribution in [0.2, 0.25) is 0 Å². The van der Waals surface area contributed by atoms with E-state index in [1.807, 2.05) is 4.90 Å². The molecule has 142 valence electrons. The first-order chi connectivity index (χ1) is 12.6. The lowest BCUT2D eigenvalue weighted by atomic mass is 10.1. The zero-order chi connectivity index (χ0) is 18.4. The van der Waals surface area contributed by atoms with Gasteiger partial charge >= 0.3 is 0 Å². The highest BCUT2D eigenvalue weighted by atomic mass is 19.1. The SMILES string of the molecule is O=C(COc1cccc(F)c1)N1CCN(CC(=O)N2CCCCC2)CC1. The van der Waals surface area contributed by atoms with Crippen molar-refractivity contribution in [2.24, 2.45) is 0 Å². The number of likely N-dealkylation sites (tertiary alicyclic amines) is 1. The summed E-state index contributed by atoms with van der Waals surface area (Å²) in [6.45, 7) is 4.61. The lowest BCUT2D eigenvalue weighted by molar-refractivity contribution is -0.136. The first-order valence-electron chi connectivity index (χ1n) is 9.28. The molecule has 0 unspecified atom stereocenters.